The minimum atomic E-state index is -0.426. The molecule has 0 atom stereocenters. The highest BCUT2D eigenvalue weighted by molar-refractivity contribution is 5.77. The van der Waals surface area contributed by atoms with Crippen molar-refractivity contribution in [3.8, 4) is 5.82 Å². The molecule has 3 rings (SSSR count). The number of rotatable bonds is 2. The molecule has 0 N–H and O–H groups in total. The van der Waals surface area contributed by atoms with Crippen molar-refractivity contribution in [2.24, 2.45) is 0 Å². The smallest absolute Gasteiger partial charge is 0.277 e. The Morgan fingerprint density at radius 3 is 2.84 bits per heavy atom. The van der Waals surface area contributed by atoms with E-state index in [1.54, 1.807) is 24.0 Å². The van der Waals surface area contributed by atoms with E-state index in [-0.39, 0.29) is 11.5 Å². The van der Waals surface area contributed by atoms with Crippen LogP contribution in [0.3, 0.4) is 0 Å². The van der Waals surface area contributed by atoms with E-state index in [4.69, 9.17) is 0 Å². The van der Waals surface area contributed by atoms with Crippen LogP contribution in [0.4, 0.5) is 5.69 Å². The van der Waals surface area contributed by atoms with Crippen LogP contribution in [0.5, 0.6) is 0 Å². The van der Waals surface area contributed by atoms with E-state index in [0.29, 0.717) is 0 Å². The SMILES string of the molecule is Cc1cnc(-n2cnc3ccccc32)c([N+](=O)[O-])c1. The van der Waals surface area contributed by atoms with E-state index < -0.39 is 4.92 Å². The van der Waals surface area contributed by atoms with Crippen molar-refractivity contribution in [2.45, 2.75) is 6.92 Å². The zero-order chi connectivity index (χ0) is 13.4. The minimum absolute atomic E-state index is 0.0249. The summed E-state index contributed by atoms with van der Waals surface area (Å²) in [7, 11) is 0. The molecule has 6 heteroatoms. The third-order valence-electron chi connectivity index (χ3n) is 2.86. The molecule has 0 amide bonds. The van der Waals surface area contributed by atoms with Gasteiger partial charge in [0.25, 0.3) is 0 Å². The maximum absolute atomic E-state index is 11.1. The summed E-state index contributed by atoms with van der Waals surface area (Å²) in [5.74, 6) is 0.282. The van der Waals surface area contributed by atoms with Crippen molar-refractivity contribution in [2.75, 3.05) is 0 Å². The summed E-state index contributed by atoms with van der Waals surface area (Å²) in [4.78, 5) is 19.1. The van der Waals surface area contributed by atoms with Gasteiger partial charge in [-0.2, -0.15) is 0 Å². The van der Waals surface area contributed by atoms with Crippen LogP contribution in [0.2, 0.25) is 0 Å². The Balaban J connectivity index is 2.30. The zero-order valence-corrected chi connectivity index (χ0v) is 10.1. The largest absolute Gasteiger partial charge is 0.312 e. The fraction of sp³-hybridized carbons (Fsp3) is 0.0769. The fourth-order valence-electron chi connectivity index (χ4n) is 1.99. The molecule has 0 spiro atoms. The summed E-state index contributed by atoms with van der Waals surface area (Å²) in [5, 5.41) is 11.1. The summed E-state index contributed by atoms with van der Waals surface area (Å²) in [6, 6.07) is 8.95. The monoisotopic (exact) mass is 254 g/mol. The van der Waals surface area contributed by atoms with Crippen molar-refractivity contribution in [3.05, 3.63) is 58.5 Å². The van der Waals surface area contributed by atoms with Crippen molar-refractivity contribution >= 4 is 16.7 Å². The van der Waals surface area contributed by atoms with Gasteiger partial charge in [-0.3, -0.25) is 14.7 Å². The molecule has 0 aliphatic carbocycles. The van der Waals surface area contributed by atoms with Gasteiger partial charge in [-0.25, -0.2) is 9.97 Å². The average Bonchev–Trinajstić information content (AvgIpc) is 2.82. The number of nitro groups is 1. The van der Waals surface area contributed by atoms with Gasteiger partial charge >= 0.3 is 5.69 Å². The number of aromatic nitrogens is 3. The number of benzene rings is 1. The van der Waals surface area contributed by atoms with E-state index in [1.165, 1.54) is 6.07 Å². The minimum Gasteiger partial charge on any atom is -0.277 e. The second-order valence-electron chi connectivity index (χ2n) is 4.22. The standard InChI is InChI=1S/C13H10N4O2/c1-9-6-12(17(18)19)13(14-7-9)16-8-15-10-4-2-3-5-11(10)16/h2-8H,1H3. The molecular formula is C13H10N4O2. The molecular weight excluding hydrogens is 244 g/mol. The van der Waals surface area contributed by atoms with Crippen LogP contribution in [-0.4, -0.2) is 19.5 Å². The molecule has 0 fully saturated rings. The molecule has 0 radical (unpaired) electrons. The Morgan fingerprint density at radius 2 is 2.05 bits per heavy atom. The Labute approximate surface area is 108 Å². The molecule has 0 aliphatic heterocycles. The molecule has 3 aromatic rings. The Morgan fingerprint density at radius 1 is 1.26 bits per heavy atom. The van der Waals surface area contributed by atoms with Gasteiger partial charge in [0, 0.05) is 12.3 Å². The second kappa shape index (κ2) is 4.16. The van der Waals surface area contributed by atoms with E-state index in [9.17, 15) is 10.1 Å². The highest BCUT2D eigenvalue weighted by atomic mass is 16.6. The van der Waals surface area contributed by atoms with Gasteiger partial charge in [-0.05, 0) is 24.6 Å². The maximum atomic E-state index is 11.1. The number of para-hydroxylation sites is 2. The lowest BCUT2D eigenvalue weighted by atomic mass is 10.2. The summed E-state index contributed by atoms with van der Waals surface area (Å²) >= 11 is 0. The molecule has 0 saturated heterocycles. The molecule has 6 nitrogen and oxygen atoms in total. The normalized spacial score (nSPS) is 10.8. The lowest BCUT2D eigenvalue weighted by Crippen LogP contribution is -2.02. The highest BCUT2D eigenvalue weighted by Gasteiger charge is 2.18. The van der Waals surface area contributed by atoms with Crippen molar-refractivity contribution in [1.29, 1.82) is 0 Å². The first kappa shape index (κ1) is 11.3. The van der Waals surface area contributed by atoms with Gasteiger partial charge < -0.3 is 0 Å². The first-order valence-corrected chi connectivity index (χ1v) is 5.70. The number of hydrogen-bond donors (Lipinski definition) is 0. The Bertz CT molecular complexity index is 779. The van der Waals surface area contributed by atoms with Gasteiger partial charge in [0.05, 0.1) is 16.0 Å². The quantitative estimate of drug-likeness (QED) is 0.520. The topological polar surface area (TPSA) is 73.8 Å². The fourth-order valence-corrected chi connectivity index (χ4v) is 1.99. The number of nitrogens with zero attached hydrogens (tertiary/aromatic N) is 4. The van der Waals surface area contributed by atoms with Crippen LogP contribution < -0.4 is 0 Å². The predicted octanol–water partition coefficient (Wildman–Crippen LogP) is 2.64. The van der Waals surface area contributed by atoms with Gasteiger partial charge in [0.15, 0.2) is 0 Å². The van der Waals surface area contributed by atoms with Crippen LogP contribution in [0.15, 0.2) is 42.9 Å². The molecule has 0 aliphatic rings. The van der Waals surface area contributed by atoms with E-state index >= 15 is 0 Å². The second-order valence-corrected chi connectivity index (χ2v) is 4.22. The van der Waals surface area contributed by atoms with E-state index in [1.807, 2.05) is 24.3 Å². The van der Waals surface area contributed by atoms with Crippen LogP contribution >= 0.6 is 0 Å². The highest BCUT2D eigenvalue weighted by Crippen LogP contribution is 2.24. The summed E-state index contributed by atoms with van der Waals surface area (Å²) in [5.41, 5.74) is 2.30. The summed E-state index contributed by atoms with van der Waals surface area (Å²) in [6.45, 7) is 1.77. The third kappa shape index (κ3) is 1.83. The first-order valence-electron chi connectivity index (χ1n) is 5.70. The zero-order valence-electron chi connectivity index (χ0n) is 10.1. The van der Waals surface area contributed by atoms with E-state index in [0.717, 1.165) is 16.6 Å². The number of fused-ring (bicyclic) bond motifs is 1. The molecule has 0 bridgehead atoms. The molecule has 19 heavy (non-hydrogen) atoms. The van der Waals surface area contributed by atoms with Gasteiger partial charge in [0.1, 0.15) is 6.33 Å². The lowest BCUT2D eigenvalue weighted by molar-refractivity contribution is -0.384. The van der Waals surface area contributed by atoms with Gasteiger partial charge in [-0.1, -0.05) is 12.1 Å². The number of imidazole rings is 1. The average molecular weight is 254 g/mol. The molecule has 94 valence electrons. The van der Waals surface area contributed by atoms with Crippen LogP contribution in [0.1, 0.15) is 5.56 Å². The summed E-state index contributed by atoms with van der Waals surface area (Å²) in [6.07, 6.45) is 3.16. The lowest BCUT2D eigenvalue weighted by Gasteiger charge is -2.04. The molecule has 2 aromatic heterocycles. The van der Waals surface area contributed by atoms with Gasteiger partial charge in [0.2, 0.25) is 5.82 Å². The summed E-state index contributed by atoms with van der Waals surface area (Å²) < 4.78 is 1.63. The molecule has 2 heterocycles. The van der Waals surface area contributed by atoms with E-state index in [2.05, 4.69) is 9.97 Å². The first-order chi connectivity index (χ1) is 9.16. The van der Waals surface area contributed by atoms with Crippen LogP contribution in [0, 0.1) is 17.0 Å². The van der Waals surface area contributed by atoms with Crippen molar-refractivity contribution in [1.82, 2.24) is 14.5 Å². The van der Waals surface area contributed by atoms with Crippen LogP contribution in [0.25, 0.3) is 16.9 Å². The Hall–Kier alpha value is -2.76. The molecule has 0 unspecified atom stereocenters. The molecule has 0 saturated carbocycles. The van der Waals surface area contributed by atoms with Crippen molar-refractivity contribution < 1.29 is 4.92 Å². The maximum Gasteiger partial charge on any atom is 0.312 e. The number of pyridine rings is 1. The predicted molar refractivity (Wildman–Crippen MR) is 70.3 cm³/mol. The molecule has 1 aromatic carbocycles. The van der Waals surface area contributed by atoms with Crippen LogP contribution in [-0.2, 0) is 0 Å². The van der Waals surface area contributed by atoms with Gasteiger partial charge in [-0.15, -0.1) is 0 Å². The number of aryl methyl sites for hydroxylation is 1. The van der Waals surface area contributed by atoms with Crippen molar-refractivity contribution in [3.63, 3.8) is 0 Å². The number of hydrogen-bond acceptors (Lipinski definition) is 4. The Kier molecular flexibility index (Phi) is 2.49. The third-order valence-corrected chi connectivity index (χ3v) is 2.86.